The molecular formula is C25H25N5O4S. The number of sulfonamides is 1. The van der Waals surface area contributed by atoms with E-state index in [0.717, 1.165) is 5.56 Å². The first-order valence-electron chi connectivity index (χ1n) is 10.9. The lowest BCUT2D eigenvalue weighted by Crippen LogP contribution is -2.57. The van der Waals surface area contributed by atoms with Crippen LogP contribution in [0.25, 0.3) is 0 Å². The molecule has 0 unspecified atom stereocenters. The summed E-state index contributed by atoms with van der Waals surface area (Å²) in [4.78, 5) is 29.7. The average molecular weight is 492 g/mol. The van der Waals surface area contributed by atoms with Gasteiger partial charge >= 0.3 is 0 Å². The third-order valence-electron chi connectivity index (χ3n) is 5.35. The van der Waals surface area contributed by atoms with Crippen molar-refractivity contribution < 1.29 is 18.0 Å². The zero-order valence-electron chi connectivity index (χ0n) is 19.4. The molecular weight excluding hydrogens is 466 g/mol. The molecule has 3 N–H and O–H groups in total. The third-order valence-corrected chi connectivity index (χ3v) is 6.88. The Labute approximate surface area is 203 Å². The summed E-state index contributed by atoms with van der Waals surface area (Å²) in [5, 5.41) is 3.94. The fraction of sp³-hybridized carbons (Fsp3) is 0.160. The van der Waals surface area contributed by atoms with E-state index in [1.807, 2.05) is 19.1 Å². The van der Waals surface area contributed by atoms with Gasteiger partial charge in [0.25, 0.3) is 21.8 Å². The van der Waals surface area contributed by atoms with E-state index >= 15 is 0 Å². The van der Waals surface area contributed by atoms with Crippen LogP contribution in [0, 0.1) is 13.8 Å². The molecule has 0 fully saturated rings. The molecule has 0 spiro atoms. The van der Waals surface area contributed by atoms with Gasteiger partial charge in [0, 0.05) is 11.4 Å². The molecule has 1 atom stereocenters. The Balaban J connectivity index is 1.56. The number of aliphatic imine (C=N–C) groups is 1. The van der Waals surface area contributed by atoms with Gasteiger partial charge in [-0.1, -0.05) is 36.4 Å². The zero-order chi connectivity index (χ0) is 25.2. The first-order valence-corrected chi connectivity index (χ1v) is 12.4. The number of aryl methyl sites for hydroxylation is 2. The van der Waals surface area contributed by atoms with E-state index < -0.39 is 22.0 Å². The average Bonchev–Trinajstić information content (AvgIpc) is 2.82. The molecule has 0 saturated carbocycles. The number of carbonyl (C=O) groups is 2. The van der Waals surface area contributed by atoms with Gasteiger partial charge in [0.1, 0.15) is 6.04 Å². The molecule has 1 heterocycles. The van der Waals surface area contributed by atoms with E-state index in [1.54, 1.807) is 68.4 Å². The van der Waals surface area contributed by atoms with Crippen LogP contribution in [0.1, 0.15) is 18.1 Å². The van der Waals surface area contributed by atoms with E-state index in [0.29, 0.717) is 16.9 Å². The van der Waals surface area contributed by atoms with Crippen LogP contribution in [-0.2, 0) is 19.6 Å². The van der Waals surface area contributed by atoms with Crippen molar-refractivity contribution in [3.05, 3.63) is 83.9 Å². The summed E-state index contributed by atoms with van der Waals surface area (Å²) in [6, 6.07) is 19.7. The molecule has 1 aliphatic heterocycles. The lowest BCUT2D eigenvalue weighted by molar-refractivity contribution is -0.120. The largest absolute Gasteiger partial charge is 0.319 e. The van der Waals surface area contributed by atoms with Crippen LogP contribution in [-0.4, -0.2) is 32.1 Å². The SMILES string of the molecule is Cc1cccc(NS(=O)(=O)c2cc(NC(=O)C3=N[C@@H](C)C(=O)N(c4ccccc4)N3)ccc2C)c1. The van der Waals surface area contributed by atoms with Crippen LogP contribution in [0.2, 0.25) is 0 Å². The van der Waals surface area contributed by atoms with Gasteiger partial charge in [0.2, 0.25) is 5.84 Å². The molecule has 0 aliphatic carbocycles. The molecule has 3 aromatic carbocycles. The third kappa shape index (κ3) is 5.33. The Kier molecular flexibility index (Phi) is 6.57. The van der Waals surface area contributed by atoms with Crippen LogP contribution >= 0.6 is 0 Å². The van der Waals surface area contributed by atoms with Gasteiger partial charge in [-0.3, -0.25) is 19.7 Å². The molecule has 3 aromatic rings. The Hall–Kier alpha value is -4.18. The Bertz CT molecular complexity index is 1420. The lowest BCUT2D eigenvalue weighted by atomic mass is 10.2. The van der Waals surface area contributed by atoms with Gasteiger partial charge in [-0.2, -0.15) is 0 Å². The number of amidine groups is 1. The maximum atomic E-state index is 13.0. The van der Waals surface area contributed by atoms with Crippen molar-refractivity contribution in [3.8, 4) is 0 Å². The second kappa shape index (κ2) is 9.59. The molecule has 0 radical (unpaired) electrons. The Morgan fingerprint density at radius 1 is 0.971 bits per heavy atom. The monoisotopic (exact) mass is 491 g/mol. The molecule has 0 saturated heterocycles. The predicted molar refractivity (Wildman–Crippen MR) is 136 cm³/mol. The zero-order valence-corrected chi connectivity index (χ0v) is 20.3. The number of rotatable bonds is 6. The minimum absolute atomic E-state index is 0.0322. The highest BCUT2D eigenvalue weighted by Gasteiger charge is 2.31. The fourth-order valence-corrected chi connectivity index (χ4v) is 4.90. The first kappa shape index (κ1) is 24.0. The maximum Gasteiger partial charge on any atom is 0.292 e. The Morgan fingerprint density at radius 3 is 2.43 bits per heavy atom. The maximum absolute atomic E-state index is 13.0. The van der Waals surface area contributed by atoms with Crippen LogP contribution in [0.3, 0.4) is 0 Å². The molecule has 180 valence electrons. The topological polar surface area (TPSA) is 120 Å². The van der Waals surface area contributed by atoms with E-state index in [1.165, 1.54) is 11.1 Å². The van der Waals surface area contributed by atoms with Crippen molar-refractivity contribution in [2.24, 2.45) is 4.99 Å². The van der Waals surface area contributed by atoms with Crippen LogP contribution in [0.4, 0.5) is 17.1 Å². The van der Waals surface area contributed by atoms with E-state index in [9.17, 15) is 18.0 Å². The van der Waals surface area contributed by atoms with Crippen LogP contribution in [0.5, 0.6) is 0 Å². The molecule has 35 heavy (non-hydrogen) atoms. The van der Waals surface area contributed by atoms with Crippen molar-refractivity contribution in [1.82, 2.24) is 5.43 Å². The molecule has 0 bridgehead atoms. The molecule has 2 amide bonds. The second-order valence-corrected chi connectivity index (χ2v) is 9.83. The van der Waals surface area contributed by atoms with Crippen molar-refractivity contribution in [1.29, 1.82) is 0 Å². The summed E-state index contributed by atoms with van der Waals surface area (Å²) >= 11 is 0. The molecule has 10 heteroatoms. The fourth-order valence-electron chi connectivity index (χ4n) is 3.58. The smallest absolute Gasteiger partial charge is 0.292 e. The molecule has 4 rings (SSSR count). The minimum Gasteiger partial charge on any atom is -0.319 e. The van der Waals surface area contributed by atoms with Crippen LogP contribution < -0.4 is 20.5 Å². The normalized spacial score (nSPS) is 15.7. The predicted octanol–water partition coefficient (Wildman–Crippen LogP) is 3.38. The lowest BCUT2D eigenvalue weighted by Gasteiger charge is -2.30. The van der Waals surface area contributed by atoms with Gasteiger partial charge in [0.05, 0.1) is 10.6 Å². The first-order chi connectivity index (χ1) is 16.6. The number of nitrogens with zero attached hydrogens (tertiary/aromatic N) is 2. The summed E-state index contributed by atoms with van der Waals surface area (Å²) in [5.74, 6) is -0.980. The van der Waals surface area contributed by atoms with E-state index in [4.69, 9.17) is 0 Å². The van der Waals surface area contributed by atoms with E-state index in [2.05, 4.69) is 20.5 Å². The van der Waals surface area contributed by atoms with Gasteiger partial charge < -0.3 is 5.32 Å². The minimum atomic E-state index is -3.90. The number of para-hydroxylation sites is 1. The number of carbonyl (C=O) groups excluding carboxylic acids is 2. The second-order valence-electron chi connectivity index (χ2n) is 8.18. The number of hydrogen-bond donors (Lipinski definition) is 3. The van der Waals surface area contributed by atoms with Crippen molar-refractivity contribution in [2.45, 2.75) is 31.7 Å². The summed E-state index contributed by atoms with van der Waals surface area (Å²) in [6.07, 6.45) is 0. The summed E-state index contributed by atoms with van der Waals surface area (Å²) < 4.78 is 28.7. The quantitative estimate of drug-likeness (QED) is 0.488. The highest BCUT2D eigenvalue weighted by molar-refractivity contribution is 7.92. The van der Waals surface area contributed by atoms with Crippen molar-refractivity contribution >= 4 is 44.7 Å². The number of amides is 2. The van der Waals surface area contributed by atoms with Crippen molar-refractivity contribution in [3.63, 3.8) is 0 Å². The van der Waals surface area contributed by atoms with Gasteiger partial charge in [-0.05, 0) is 68.3 Å². The number of benzene rings is 3. The Morgan fingerprint density at radius 2 is 1.71 bits per heavy atom. The van der Waals surface area contributed by atoms with Crippen LogP contribution in [0.15, 0.2) is 82.7 Å². The number of anilines is 3. The highest BCUT2D eigenvalue weighted by atomic mass is 32.2. The van der Waals surface area contributed by atoms with Gasteiger partial charge in [0.15, 0.2) is 0 Å². The number of nitrogens with one attached hydrogen (secondary N) is 3. The number of hydrazine groups is 1. The summed E-state index contributed by atoms with van der Waals surface area (Å²) in [6.45, 7) is 5.14. The molecule has 1 aliphatic rings. The standard InChI is InChI=1S/C25H25N5O4S/c1-16-8-7-9-20(14-16)29-35(33,34)22-15-19(13-12-17(22)2)27-24(31)23-26-18(3)25(32)30(28-23)21-10-5-4-6-11-21/h4-15,18,29H,1-3H3,(H,26,28)(H,27,31)/t18-/m0/s1. The van der Waals surface area contributed by atoms with Gasteiger partial charge in [-0.15, -0.1) is 0 Å². The highest BCUT2D eigenvalue weighted by Crippen LogP contribution is 2.24. The number of hydrogen-bond acceptors (Lipinski definition) is 6. The summed E-state index contributed by atoms with van der Waals surface area (Å²) in [5.41, 5.74) is 5.47. The van der Waals surface area contributed by atoms with Crippen molar-refractivity contribution in [2.75, 3.05) is 15.0 Å². The summed E-state index contributed by atoms with van der Waals surface area (Å²) in [7, 11) is -3.90. The van der Waals surface area contributed by atoms with Gasteiger partial charge in [-0.25, -0.2) is 18.4 Å². The molecule has 0 aromatic heterocycles. The molecule has 9 nitrogen and oxygen atoms in total. The van der Waals surface area contributed by atoms with E-state index in [-0.39, 0.29) is 22.3 Å².